The van der Waals surface area contributed by atoms with Gasteiger partial charge in [-0.1, -0.05) is 6.92 Å². The first-order chi connectivity index (χ1) is 7.83. The van der Waals surface area contributed by atoms with E-state index in [0.29, 0.717) is 6.10 Å². The first-order valence-corrected chi connectivity index (χ1v) is 6.86. The van der Waals surface area contributed by atoms with Gasteiger partial charge in [0.1, 0.15) is 0 Å². The molecule has 0 aromatic heterocycles. The van der Waals surface area contributed by atoms with Crippen molar-refractivity contribution in [3.63, 3.8) is 0 Å². The van der Waals surface area contributed by atoms with Crippen molar-refractivity contribution in [2.45, 2.75) is 57.2 Å². The van der Waals surface area contributed by atoms with Gasteiger partial charge in [0, 0.05) is 25.2 Å². The van der Waals surface area contributed by atoms with Gasteiger partial charge in [-0.3, -0.25) is 4.90 Å². The summed E-state index contributed by atoms with van der Waals surface area (Å²) in [5.41, 5.74) is 0. The molecule has 0 aromatic rings. The van der Waals surface area contributed by atoms with E-state index in [-0.39, 0.29) is 0 Å². The Bertz CT molecular complexity index is 204. The fourth-order valence-corrected chi connectivity index (χ4v) is 3.14. The molecule has 1 N–H and O–H groups in total. The average molecular weight is 226 g/mol. The van der Waals surface area contributed by atoms with Gasteiger partial charge in [0.25, 0.3) is 0 Å². The molecule has 0 aromatic carbocycles. The molecule has 2 rings (SSSR count). The quantitative estimate of drug-likeness (QED) is 0.771. The van der Waals surface area contributed by atoms with E-state index < -0.39 is 0 Å². The molecule has 1 saturated carbocycles. The van der Waals surface area contributed by atoms with Gasteiger partial charge in [-0.25, -0.2) is 0 Å². The van der Waals surface area contributed by atoms with Gasteiger partial charge < -0.3 is 10.1 Å². The number of hydrogen-bond acceptors (Lipinski definition) is 3. The first kappa shape index (κ1) is 12.3. The van der Waals surface area contributed by atoms with Gasteiger partial charge in [0.2, 0.25) is 0 Å². The Labute approximate surface area is 99.5 Å². The van der Waals surface area contributed by atoms with E-state index in [2.05, 4.69) is 24.2 Å². The SMILES string of the molecule is CCN(CC1CCCO1)C1CCC(NC)C1. The Hall–Kier alpha value is -0.120. The minimum atomic E-state index is 0.508. The standard InChI is InChI=1S/C13H26N2O/c1-3-15(10-13-5-4-8-16-13)12-7-6-11(9-12)14-2/h11-14H,3-10H2,1-2H3. The van der Waals surface area contributed by atoms with Crippen LogP contribution in [0, 0.1) is 0 Å². The molecule has 1 aliphatic carbocycles. The Kier molecular flexibility index (Phi) is 4.62. The fourth-order valence-electron chi connectivity index (χ4n) is 3.14. The van der Waals surface area contributed by atoms with Crippen LogP contribution in [-0.4, -0.2) is 49.8 Å². The average Bonchev–Trinajstić information content (AvgIpc) is 2.96. The molecule has 3 unspecified atom stereocenters. The number of nitrogens with zero attached hydrogens (tertiary/aromatic N) is 1. The Balaban J connectivity index is 1.80. The van der Waals surface area contributed by atoms with Crippen molar-refractivity contribution in [2.24, 2.45) is 0 Å². The smallest absolute Gasteiger partial charge is 0.0702 e. The zero-order valence-electron chi connectivity index (χ0n) is 10.7. The Morgan fingerprint density at radius 2 is 2.19 bits per heavy atom. The monoisotopic (exact) mass is 226 g/mol. The third-order valence-corrected chi connectivity index (χ3v) is 4.20. The number of nitrogens with one attached hydrogen (secondary N) is 1. The van der Waals surface area contributed by atoms with E-state index in [1.807, 2.05) is 0 Å². The summed E-state index contributed by atoms with van der Waals surface area (Å²) in [6.45, 7) is 5.58. The van der Waals surface area contributed by atoms with Crippen LogP contribution in [0.4, 0.5) is 0 Å². The molecule has 2 aliphatic rings. The van der Waals surface area contributed by atoms with E-state index in [1.165, 1.54) is 38.6 Å². The van der Waals surface area contributed by atoms with E-state index >= 15 is 0 Å². The predicted octanol–water partition coefficient (Wildman–Crippen LogP) is 1.63. The summed E-state index contributed by atoms with van der Waals surface area (Å²) in [7, 11) is 2.09. The second-order valence-corrected chi connectivity index (χ2v) is 5.18. The van der Waals surface area contributed by atoms with Gasteiger partial charge >= 0.3 is 0 Å². The summed E-state index contributed by atoms with van der Waals surface area (Å²) in [6.07, 6.45) is 7.03. The number of likely N-dealkylation sites (N-methyl/N-ethyl adjacent to an activating group) is 1. The highest BCUT2D eigenvalue weighted by atomic mass is 16.5. The third-order valence-electron chi connectivity index (χ3n) is 4.20. The third kappa shape index (κ3) is 2.96. The molecule has 1 saturated heterocycles. The van der Waals surface area contributed by atoms with E-state index in [0.717, 1.165) is 25.2 Å². The van der Waals surface area contributed by atoms with Crippen molar-refractivity contribution in [3.05, 3.63) is 0 Å². The van der Waals surface area contributed by atoms with Gasteiger partial charge in [-0.15, -0.1) is 0 Å². The van der Waals surface area contributed by atoms with Crippen LogP contribution in [0.1, 0.15) is 39.0 Å². The van der Waals surface area contributed by atoms with E-state index in [9.17, 15) is 0 Å². The van der Waals surface area contributed by atoms with E-state index in [4.69, 9.17) is 4.74 Å². The van der Waals surface area contributed by atoms with Crippen molar-refractivity contribution >= 4 is 0 Å². The minimum Gasteiger partial charge on any atom is -0.377 e. The number of ether oxygens (including phenoxy) is 1. The molecule has 3 nitrogen and oxygen atoms in total. The van der Waals surface area contributed by atoms with Crippen molar-refractivity contribution in [2.75, 3.05) is 26.7 Å². The maximum absolute atomic E-state index is 5.74. The van der Waals surface area contributed by atoms with Gasteiger partial charge in [0.05, 0.1) is 6.10 Å². The summed E-state index contributed by atoms with van der Waals surface area (Å²) in [6, 6.07) is 1.52. The molecule has 0 amide bonds. The van der Waals surface area contributed by atoms with Gasteiger partial charge in [-0.05, 0) is 45.7 Å². The van der Waals surface area contributed by atoms with Crippen LogP contribution in [-0.2, 0) is 4.74 Å². The van der Waals surface area contributed by atoms with Crippen LogP contribution in [0.25, 0.3) is 0 Å². The van der Waals surface area contributed by atoms with Crippen molar-refractivity contribution in [1.29, 1.82) is 0 Å². The highest BCUT2D eigenvalue weighted by molar-refractivity contribution is 4.87. The maximum Gasteiger partial charge on any atom is 0.0702 e. The summed E-state index contributed by atoms with van der Waals surface area (Å²) in [4.78, 5) is 2.63. The van der Waals surface area contributed by atoms with Crippen LogP contribution in [0.5, 0.6) is 0 Å². The molecule has 3 heteroatoms. The highest BCUT2D eigenvalue weighted by Crippen LogP contribution is 2.25. The lowest BCUT2D eigenvalue weighted by Gasteiger charge is -2.29. The molecule has 94 valence electrons. The molecular formula is C13H26N2O. The minimum absolute atomic E-state index is 0.508. The Morgan fingerprint density at radius 1 is 1.31 bits per heavy atom. The van der Waals surface area contributed by atoms with Crippen LogP contribution in [0.2, 0.25) is 0 Å². The normalized spacial score (nSPS) is 35.1. The number of rotatable bonds is 5. The van der Waals surface area contributed by atoms with Crippen LogP contribution >= 0.6 is 0 Å². The molecule has 0 spiro atoms. The van der Waals surface area contributed by atoms with Crippen molar-refractivity contribution in [1.82, 2.24) is 10.2 Å². The molecule has 2 fully saturated rings. The predicted molar refractivity (Wildman–Crippen MR) is 66.7 cm³/mol. The van der Waals surface area contributed by atoms with Crippen LogP contribution < -0.4 is 5.32 Å². The Morgan fingerprint density at radius 3 is 2.75 bits per heavy atom. The second-order valence-electron chi connectivity index (χ2n) is 5.18. The van der Waals surface area contributed by atoms with Crippen LogP contribution in [0.3, 0.4) is 0 Å². The molecule has 0 radical (unpaired) electrons. The maximum atomic E-state index is 5.74. The van der Waals surface area contributed by atoms with Crippen molar-refractivity contribution in [3.8, 4) is 0 Å². The zero-order valence-corrected chi connectivity index (χ0v) is 10.7. The summed E-state index contributed by atoms with van der Waals surface area (Å²) in [5.74, 6) is 0. The molecule has 1 aliphatic heterocycles. The second kappa shape index (κ2) is 5.99. The molecule has 3 atom stereocenters. The summed E-state index contributed by atoms with van der Waals surface area (Å²) < 4.78 is 5.74. The summed E-state index contributed by atoms with van der Waals surface area (Å²) >= 11 is 0. The highest BCUT2D eigenvalue weighted by Gasteiger charge is 2.29. The van der Waals surface area contributed by atoms with Crippen LogP contribution in [0.15, 0.2) is 0 Å². The first-order valence-electron chi connectivity index (χ1n) is 6.86. The largest absolute Gasteiger partial charge is 0.377 e. The lowest BCUT2D eigenvalue weighted by atomic mass is 10.1. The van der Waals surface area contributed by atoms with E-state index in [1.54, 1.807) is 0 Å². The summed E-state index contributed by atoms with van der Waals surface area (Å²) in [5, 5.41) is 3.41. The van der Waals surface area contributed by atoms with Gasteiger partial charge in [-0.2, -0.15) is 0 Å². The zero-order chi connectivity index (χ0) is 11.4. The molecular weight excluding hydrogens is 200 g/mol. The topological polar surface area (TPSA) is 24.5 Å². The van der Waals surface area contributed by atoms with Crippen molar-refractivity contribution < 1.29 is 4.74 Å². The lowest BCUT2D eigenvalue weighted by Crippen LogP contribution is -2.39. The molecule has 1 heterocycles. The van der Waals surface area contributed by atoms with Gasteiger partial charge in [0.15, 0.2) is 0 Å². The fraction of sp³-hybridized carbons (Fsp3) is 1.00. The number of hydrogen-bond donors (Lipinski definition) is 1. The molecule has 16 heavy (non-hydrogen) atoms. The lowest BCUT2D eigenvalue weighted by molar-refractivity contribution is 0.0597. The molecule has 0 bridgehead atoms.